The van der Waals surface area contributed by atoms with Crippen LogP contribution in [0, 0.1) is 17.2 Å². The third-order valence-corrected chi connectivity index (χ3v) is 3.61. The SMILES string of the molecule is N#CC1C=CC(N2CCCCCC2)CC1. The maximum absolute atomic E-state index is 8.82. The van der Waals surface area contributed by atoms with E-state index in [9.17, 15) is 0 Å². The number of allylic oxidation sites excluding steroid dienone is 1. The van der Waals surface area contributed by atoms with Crippen molar-refractivity contribution < 1.29 is 0 Å². The Bertz CT molecular complexity index is 256. The minimum absolute atomic E-state index is 0.174. The molecule has 2 rings (SSSR count). The summed E-state index contributed by atoms with van der Waals surface area (Å²) in [4.78, 5) is 2.61. The fraction of sp³-hybridized carbons (Fsp3) is 0.769. The van der Waals surface area contributed by atoms with E-state index in [1.54, 1.807) is 0 Å². The van der Waals surface area contributed by atoms with Crippen LogP contribution in [0.2, 0.25) is 0 Å². The second-order valence-corrected chi connectivity index (χ2v) is 4.72. The number of hydrogen-bond donors (Lipinski definition) is 0. The van der Waals surface area contributed by atoms with E-state index in [-0.39, 0.29) is 5.92 Å². The summed E-state index contributed by atoms with van der Waals surface area (Å²) < 4.78 is 0. The molecule has 1 aliphatic carbocycles. The predicted molar refractivity (Wildman–Crippen MR) is 61.3 cm³/mol. The highest BCUT2D eigenvalue weighted by Gasteiger charge is 2.21. The zero-order valence-corrected chi connectivity index (χ0v) is 9.36. The molecule has 0 saturated carbocycles. The average molecular weight is 204 g/mol. The third-order valence-electron chi connectivity index (χ3n) is 3.61. The molecule has 1 fully saturated rings. The van der Waals surface area contributed by atoms with Gasteiger partial charge in [0, 0.05) is 6.04 Å². The first-order valence-electron chi connectivity index (χ1n) is 6.22. The third kappa shape index (κ3) is 2.82. The van der Waals surface area contributed by atoms with Crippen LogP contribution in [0.15, 0.2) is 12.2 Å². The zero-order valence-electron chi connectivity index (χ0n) is 9.36. The van der Waals surface area contributed by atoms with Gasteiger partial charge in [-0.25, -0.2) is 0 Å². The molecule has 0 bridgehead atoms. The van der Waals surface area contributed by atoms with Gasteiger partial charge in [-0.3, -0.25) is 4.90 Å². The van der Waals surface area contributed by atoms with Crippen molar-refractivity contribution in [2.45, 2.75) is 44.6 Å². The van der Waals surface area contributed by atoms with Crippen molar-refractivity contribution in [3.63, 3.8) is 0 Å². The van der Waals surface area contributed by atoms with E-state index in [1.165, 1.54) is 45.2 Å². The monoisotopic (exact) mass is 204 g/mol. The van der Waals surface area contributed by atoms with Crippen LogP contribution >= 0.6 is 0 Å². The highest BCUT2D eigenvalue weighted by Crippen LogP contribution is 2.23. The molecule has 1 heterocycles. The molecule has 0 aromatic carbocycles. The van der Waals surface area contributed by atoms with Gasteiger partial charge in [-0.15, -0.1) is 0 Å². The summed E-state index contributed by atoms with van der Waals surface area (Å²) >= 11 is 0. The Morgan fingerprint density at radius 1 is 1.00 bits per heavy atom. The molecule has 0 N–H and O–H groups in total. The summed E-state index contributed by atoms with van der Waals surface area (Å²) in [6.07, 6.45) is 12.1. The molecule has 0 aromatic heterocycles. The van der Waals surface area contributed by atoms with Crippen LogP contribution in [-0.4, -0.2) is 24.0 Å². The Balaban J connectivity index is 1.91. The van der Waals surface area contributed by atoms with E-state index in [0.29, 0.717) is 6.04 Å². The Kier molecular flexibility index (Phi) is 3.80. The van der Waals surface area contributed by atoms with E-state index >= 15 is 0 Å². The summed E-state index contributed by atoms with van der Waals surface area (Å²) in [6.45, 7) is 2.51. The standard InChI is InChI=1S/C13H20N2/c14-11-12-5-7-13(8-6-12)15-9-3-1-2-4-10-15/h5,7,12-13H,1-4,6,8-10H2. The minimum atomic E-state index is 0.174. The fourth-order valence-electron chi connectivity index (χ4n) is 2.64. The first-order chi connectivity index (χ1) is 7.40. The molecule has 0 amide bonds. The second kappa shape index (κ2) is 5.32. The number of rotatable bonds is 1. The smallest absolute Gasteiger partial charge is 0.0697 e. The molecule has 2 nitrogen and oxygen atoms in total. The second-order valence-electron chi connectivity index (χ2n) is 4.72. The first kappa shape index (κ1) is 10.7. The minimum Gasteiger partial charge on any atom is -0.297 e. The molecule has 0 radical (unpaired) electrons. The summed E-state index contributed by atoms with van der Waals surface area (Å²) in [7, 11) is 0. The van der Waals surface area contributed by atoms with Crippen molar-refractivity contribution in [3.8, 4) is 6.07 Å². The molecule has 2 aliphatic rings. The van der Waals surface area contributed by atoms with Gasteiger partial charge in [0.25, 0.3) is 0 Å². The van der Waals surface area contributed by atoms with Gasteiger partial charge in [0.1, 0.15) is 0 Å². The van der Waals surface area contributed by atoms with Gasteiger partial charge in [0.05, 0.1) is 12.0 Å². The lowest BCUT2D eigenvalue weighted by molar-refractivity contribution is 0.218. The molecule has 2 atom stereocenters. The van der Waals surface area contributed by atoms with Crippen molar-refractivity contribution >= 4 is 0 Å². The quantitative estimate of drug-likeness (QED) is 0.614. The number of nitriles is 1. The summed E-state index contributed by atoms with van der Waals surface area (Å²) in [6, 6.07) is 2.95. The first-order valence-corrected chi connectivity index (χ1v) is 6.22. The molecule has 1 saturated heterocycles. The molecular weight excluding hydrogens is 184 g/mol. The van der Waals surface area contributed by atoms with Gasteiger partial charge in [0.15, 0.2) is 0 Å². The van der Waals surface area contributed by atoms with Crippen LogP contribution in [0.4, 0.5) is 0 Å². The lowest BCUT2D eigenvalue weighted by Crippen LogP contribution is -2.36. The van der Waals surface area contributed by atoms with E-state index in [1.807, 2.05) is 0 Å². The van der Waals surface area contributed by atoms with E-state index in [4.69, 9.17) is 5.26 Å². The van der Waals surface area contributed by atoms with Crippen molar-refractivity contribution in [2.24, 2.45) is 5.92 Å². The zero-order chi connectivity index (χ0) is 10.5. The maximum Gasteiger partial charge on any atom is 0.0697 e. The van der Waals surface area contributed by atoms with Crippen molar-refractivity contribution in [1.82, 2.24) is 4.90 Å². The largest absolute Gasteiger partial charge is 0.297 e. The number of nitrogens with zero attached hydrogens (tertiary/aromatic N) is 2. The maximum atomic E-state index is 8.82. The molecule has 82 valence electrons. The number of likely N-dealkylation sites (tertiary alicyclic amines) is 1. The fourth-order valence-corrected chi connectivity index (χ4v) is 2.64. The van der Waals surface area contributed by atoms with E-state index < -0.39 is 0 Å². The van der Waals surface area contributed by atoms with Gasteiger partial charge in [-0.05, 0) is 38.8 Å². The van der Waals surface area contributed by atoms with Gasteiger partial charge in [-0.2, -0.15) is 5.26 Å². The predicted octanol–water partition coefficient (Wildman–Crippen LogP) is 2.72. The van der Waals surface area contributed by atoms with Crippen molar-refractivity contribution in [3.05, 3.63) is 12.2 Å². The molecule has 0 spiro atoms. The summed E-state index contributed by atoms with van der Waals surface area (Å²) in [5, 5.41) is 8.82. The highest BCUT2D eigenvalue weighted by molar-refractivity contribution is 5.09. The average Bonchev–Trinajstić information content (AvgIpc) is 2.58. The molecule has 2 unspecified atom stereocenters. The van der Waals surface area contributed by atoms with Gasteiger partial charge in [-0.1, -0.05) is 25.0 Å². The lowest BCUT2D eigenvalue weighted by Gasteiger charge is -2.31. The van der Waals surface area contributed by atoms with Crippen LogP contribution in [0.25, 0.3) is 0 Å². The molecule has 15 heavy (non-hydrogen) atoms. The lowest BCUT2D eigenvalue weighted by atomic mass is 9.93. The van der Waals surface area contributed by atoms with Crippen molar-refractivity contribution in [2.75, 3.05) is 13.1 Å². The Morgan fingerprint density at radius 2 is 1.73 bits per heavy atom. The summed E-state index contributed by atoms with van der Waals surface area (Å²) in [5.74, 6) is 0.174. The normalized spacial score (nSPS) is 33.3. The van der Waals surface area contributed by atoms with Crippen molar-refractivity contribution in [1.29, 1.82) is 5.26 Å². The van der Waals surface area contributed by atoms with Gasteiger partial charge in [0.2, 0.25) is 0 Å². The van der Waals surface area contributed by atoms with Gasteiger partial charge >= 0.3 is 0 Å². The van der Waals surface area contributed by atoms with Crippen LogP contribution in [0.3, 0.4) is 0 Å². The molecular formula is C13H20N2. The topological polar surface area (TPSA) is 27.0 Å². The van der Waals surface area contributed by atoms with Crippen LogP contribution in [0.1, 0.15) is 38.5 Å². The van der Waals surface area contributed by atoms with E-state index in [2.05, 4.69) is 23.1 Å². The van der Waals surface area contributed by atoms with Crippen LogP contribution in [-0.2, 0) is 0 Å². The molecule has 0 aromatic rings. The highest BCUT2D eigenvalue weighted by atomic mass is 15.1. The van der Waals surface area contributed by atoms with Gasteiger partial charge < -0.3 is 0 Å². The Morgan fingerprint density at radius 3 is 2.27 bits per heavy atom. The summed E-state index contributed by atoms with van der Waals surface area (Å²) in [5.41, 5.74) is 0. The Labute approximate surface area is 92.6 Å². The van der Waals surface area contributed by atoms with Crippen LogP contribution < -0.4 is 0 Å². The number of hydrogen-bond acceptors (Lipinski definition) is 2. The Hall–Kier alpha value is -0.810. The van der Waals surface area contributed by atoms with E-state index in [0.717, 1.165) is 6.42 Å². The molecule has 2 heteroatoms. The van der Waals surface area contributed by atoms with Crippen LogP contribution in [0.5, 0.6) is 0 Å². The molecule has 1 aliphatic heterocycles.